The van der Waals surface area contributed by atoms with Gasteiger partial charge < -0.3 is 14.8 Å². The maximum absolute atomic E-state index is 5.97. The van der Waals surface area contributed by atoms with Gasteiger partial charge in [0.05, 0.1) is 36.0 Å². The lowest BCUT2D eigenvalue weighted by Gasteiger charge is -2.23. The molecular weight excluding hydrogens is 251 g/mol. The molecule has 1 saturated heterocycles. The first kappa shape index (κ1) is 11.9. The molecule has 0 aliphatic carbocycles. The Morgan fingerprint density at radius 3 is 3.00 bits per heavy atom. The van der Waals surface area contributed by atoms with E-state index < -0.39 is 0 Å². The summed E-state index contributed by atoms with van der Waals surface area (Å²) in [5.74, 6) is 0.611. The van der Waals surface area contributed by atoms with E-state index in [0.29, 0.717) is 42.2 Å². The summed E-state index contributed by atoms with van der Waals surface area (Å²) >= 11 is 11.7. The lowest BCUT2D eigenvalue weighted by Crippen LogP contribution is -2.34. The fraction of sp³-hybridized carbons (Fsp3) is 0.500. The molecule has 4 nitrogen and oxygen atoms in total. The third-order valence-corrected chi connectivity index (χ3v) is 2.68. The molecule has 0 spiro atoms. The molecule has 0 aromatic carbocycles. The Kier molecular flexibility index (Phi) is 4.23. The van der Waals surface area contributed by atoms with E-state index in [1.165, 1.54) is 0 Å². The van der Waals surface area contributed by atoms with Crippen molar-refractivity contribution in [1.29, 1.82) is 0 Å². The van der Waals surface area contributed by atoms with Crippen molar-refractivity contribution in [2.45, 2.75) is 6.10 Å². The number of ether oxygens (including phenoxy) is 2. The Balaban J connectivity index is 1.88. The average Bonchev–Trinajstić information content (AvgIpc) is 2.29. The summed E-state index contributed by atoms with van der Waals surface area (Å²) in [5.41, 5.74) is 0. The minimum Gasteiger partial charge on any atom is -0.376 e. The van der Waals surface area contributed by atoms with Crippen molar-refractivity contribution in [2.24, 2.45) is 0 Å². The van der Waals surface area contributed by atoms with Gasteiger partial charge in [0.1, 0.15) is 5.82 Å². The molecule has 1 aliphatic heterocycles. The minimum atomic E-state index is 0.0438. The third-order valence-electron chi connectivity index (χ3n) is 2.19. The van der Waals surface area contributed by atoms with Gasteiger partial charge in [-0.2, -0.15) is 0 Å². The number of hydrogen-bond acceptors (Lipinski definition) is 4. The van der Waals surface area contributed by atoms with Crippen molar-refractivity contribution in [3.8, 4) is 0 Å². The summed E-state index contributed by atoms with van der Waals surface area (Å²) in [6.45, 7) is 2.51. The molecule has 1 aromatic rings. The van der Waals surface area contributed by atoms with Gasteiger partial charge in [-0.05, 0) is 6.07 Å². The summed E-state index contributed by atoms with van der Waals surface area (Å²) in [5, 5.41) is 4.13. The number of rotatable bonds is 3. The lowest BCUT2D eigenvalue weighted by molar-refractivity contribution is -0.0819. The molecule has 1 N–H and O–H groups in total. The van der Waals surface area contributed by atoms with Crippen molar-refractivity contribution in [2.75, 3.05) is 31.7 Å². The summed E-state index contributed by atoms with van der Waals surface area (Å²) in [6, 6.07) is 1.65. The summed E-state index contributed by atoms with van der Waals surface area (Å²) in [4.78, 5) is 4.09. The predicted molar refractivity (Wildman–Crippen MR) is 63.3 cm³/mol. The normalized spacial score (nSPS) is 20.8. The highest BCUT2D eigenvalue weighted by atomic mass is 35.5. The van der Waals surface area contributed by atoms with Crippen molar-refractivity contribution in [1.82, 2.24) is 4.98 Å². The van der Waals surface area contributed by atoms with Crippen LogP contribution in [0.3, 0.4) is 0 Å². The van der Waals surface area contributed by atoms with E-state index in [4.69, 9.17) is 32.7 Å². The highest BCUT2D eigenvalue weighted by Gasteiger charge is 2.14. The van der Waals surface area contributed by atoms with Crippen LogP contribution in [-0.4, -0.2) is 37.5 Å². The van der Waals surface area contributed by atoms with Gasteiger partial charge in [0, 0.05) is 12.7 Å². The molecule has 6 heteroatoms. The summed E-state index contributed by atoms with van der Waals surface area (Å²) in [6.07, 6.45) is 1.59. The molecule has 1 atom stereocenters. The van der Waals surface area contributed by atoms with Crippen molar-refractivity contribution < 1.29 is 9.47 Å². The van der Waals surface area contributed by atoms with Gasteiger partial charge >= 0.3 is 0 Å². The SMILES string of the molecule is Clc1cnc(NCC2COCCO2)c(Cl)c1. The number of halogens is 2. The Bertz CT molecular complexity index is 357. The van der Waals surface area contributed by atoms with Crippen LogP contribution in [-0.2, 0) is 9.47 Å². The molecule has 88 valence electrons. The molecule has 2 heterocycles. The molecule has 1 fully saturated rings. The highest BCUT2D eigenvalue weighted by molar-refractivity contribution is 6.35. The van der Waals surface area contributed by atoms with Crippen LogP contribution < -0.4 is 5.32 Å². The Hall–Kier alpha value is -0.550. The first-order chi connectivity index (χ1) is 7.75. The number of nitrogens with one attached hydrogen (secondary N) is 1. The van der Waals surface area contributed by atoms with E-state index in [1.54, 1.807) is 12.3 Å². The molecular formula is C10H12Cl2N2O2. The second kappa shape index (κ2) is 5.68. The standard InChI is InChI=1S/C10H12Cl2N2O2/c11-7-3-9(12)10(13-4-7)14-5-8-6-15-1-2-16-8/h3-4,8H,1-2,5-6H2,(H,13,14). The Labute approximate surface area is 104 Å². The van der Waals surface area contributed by atoms with Gasteiger partial charge in [-0.15, -0.1) is 0 Å². The number of nitrogens with zero attached hydrogens (tertiary/aromatic N) is 1. The maximum Gasteiger partial charge on any atom is 0.144 e. The predicted octanol–water partition coefficient (Wildman–Crippen LogP) is 2.22. The first-order valence-corrected chi connectivity index (χ1v) is 5.75. The molecule has 0 saturated carbocycles. The Morgan fingerprint density at radius 1 is 1.44 bits per heavy atom. The number of anilines is 1. The largest absolute Gasteiger partial charge is 0.376 e. The average molecular weight is 263 g/mol. The highest BCUT2D eigenvalue weighted by Crippen LogP contribution is 2.22. The van der Waals surface area contributed by atoms with E-state index in [2.05, 4.69) is 10.3 Å². The van der Waals surface area contributed by atoms with Crippen LogP contribution in [0.15, 0.2) is 12.3 Å². The topological polar surface area (TPSA) is 43.4 Å². The molecule has 16 heavy (non-hydrogen) atoms. The molecule has 1 aliphatic rings. The van der Waals surface area contributed by atoms with Crippen LogP contribution in [0.2, 0.25) is 10.0 Å². The first-order valence-electron chi connectivity index (χ1n) is 5.00. The maximum atomic E-state index is 5.97. The molecule has 0 bridgehead atoms. The van der Waals surface area contributed by atoms with Crippen molar-refractivity contribution in [3.63, 3.8) is 0 Å². The number of hydrogen-bond donors (Lipinski definition) is 1. The van der Waals surface area contributed by atoms with Crippen LogP contribution in [0.25, 0.3) is 0 Å². The van der Waals surface area contributed by atoms with E-state index in [1.807, 2.05) is 0 Å². The van der Waals surface area contributed by atoms with Crippen LogP contribution in [0.5, 0.6) is 0 Å². The lowest BCUT2D eigenvalue weighted by atomic mass is 10.3. The van der Waals surface area contributed by atoms with Gasteiger partial charge in [-0.25, -0.2) is 4.98 Å². The van der Waals surface area contributed by atoms with Crippen LogP contribution in [0, 0.1) is 0 Å². The molecule has 1 aromatic heterocycles. The second-order valence-corrected chi connectivity index (χ2v) is 4.28. The van der Waals surface area contributed by atoms with Gasteiger partial charge in [-0.1, -0.05) is 23.2 Å². The monoisotopic (exact) mass is 262 g/mol. The fourth-order valence-corrected chi connectivity index (χ4v) is 1.86. The van der Waals surface area contributed by atoms with Gasteiger partial charge in [0.15, 0.2) is 0 Å². The zero-order valence-electron chi connectivity index (χ0n) is 8.58. The zero-order valence-corrected chi connectivity index (χ0v) is 10.1. The summed E-state index contributed by atoms with van der Waals surface area (Å²) in [7, 11) is 0. The summed E-state index contributed by atoms with van der Waals surface area (Å²) < 4.78 is 10.8. The van der Waals surface area contributed by atoms with Crippen molar-refractivity contribution in [3.05, 3.63) is 22.3 Å². The molecule has 1 unspecified atom stereocenters. The molecule has 0 amide bonds. The smallest absolute Gasteiger partial charge is 0.144 e. The van der Waals surface area contributed by atoms with Crippen LogP contribution in [0.4, 0.5) is 5.82 Å². The van der Waals surface area contributed by atoms with E-state index in [-0.39, 0.29) is 6.10 Å². The van der Waals surface area contributed by atoms with Crippen LogP contribution >= 0.6 is 23.2 Å². The number of pyridine rings is 1. The van der Waals surface area contributed by atoms with E-state index in [9.17, 15) is 0 Å². The second-order valence-electron chi connectivity index (χ2n) is 3.43. The molecule has 0 radical (unpaired) electrons. The zero-order chi connectivity index (χ0) is 11.4. The van der Waals surface area contributed by atoms with Gasteiger partial charge in [0.25, 0.3) is 0 Å². The number of aromatic nitrogens is 1. The third kappa shape index (κ3) is 3.22. The van der Waals surface area contributed by atoms with Gasteiger partial charge in [0.2, 0.25) is 0 Å². The van der Waals surface area contributed by atoms with E-state index in [0.717, 1.165) is 0 Å². The van der Waals surface area contributed by atoms with Crippen molar-refractivity contribution >= 4 is 29.0 Å². The quantitative estimate of drug-likeness (QED) is 0.908. The molecule has 2 rings (SSSR count). The van der Waals surface area contributed by atoms with Crippen LogP contribution in [0.1, 0.15) is 0 Å². The van der Waals surface area contributed by atoms with E-state index >= 15 is 0 Å². The fourth-order valence-electron chi connectivity index (χ4n) is 1.41. The van der Waals surface area contributed by atoms with Gasteiger partial charge in [-0.3, -0.25) is 0 Å². The minimum absolute atomic E-state index is 0.0438. The Morgan fingerprint density at radius 2 is 2.31 bits per heavy atom.